The van der Waals surface area contributed by atoms with E-state index in [2.05, 4.69) is 25.2 Å². The van der Waals surface area contributed by atoms with Crippen molar-refractivity contribution in [1.82, 2.24) is 0 Å². The molecule has 12 heavy (non-hydrogen) atoms. The van der Waals surface area contributed by atoms with Crippen LogP contribution in [0, 0.1) is 5.92 Å². The molecule has 72 valence electrons. The van der Waals surface area contributed by atoms with E-state index >= 15 is 0 Å². The average molecular weight is 173 g/mol. The molecule has 0 bridgehead atoms. The molecule has 0 aliphatic heterocycles. The molecule has 0 atom stereocenters. The van der Waals surface area contributed by atoms with E-state index in [0.717, 1.165) is 12.6 Å². The van der Waals surface area contributed by atoms with Crippen molar-refractivity contribution in [2.45, 2.75) is 20.8 Å². The van der Waals surface area contributed by atoms with Crippen LogP contribution in [0.25, 0.3) is 0 Å². The molecule has 0 saturated carbocycles. The molecule has 0 aliphatic rings. The van der Waals surface area contributed by atoms with E-state index in [9.17, 15) is 4.79 Å². The first-order valence-electron chi connectivity index (χ1n) is 4.07. The lowest BCUT2D eigenvalue weighted by Crippen LogP contribution is -2.05. The van der Waals surface area contributed by atoms with Gasteiger partial charge in [-0.3, -0.25) is 0 Å². The number of hydrogen-bond donors (Lipinski definition) is 1. The van der Waals surface area contributed by atoms with Gasteiger partial charge in [0.05, 0.1) is 6.61 Å². The fourth-order valence-corrected chi connectivity index (χ4v) is 0.201. The van der Waals surface area contributed by atoms with Crippen molar-refractivity contribution < 1.29 is 9.53 Å². The number of ether oxygens (including phenoxy) is 1. The van der Waals surface area contributed by atoms with E-state index in [1.54, 1.807) is 6.92 Å². The highest BCUT2D eigenvalue weighted by Gasteiger charge is 1.86. The van der Waals surface area contributed by atoms with Crippen LogP contribution in [0.5, 0.6) is 0 Å². The molecule has 0 amide bonds. The van der Waals surface area contributed by atoms with Gasteiger partial charge in [0.25, 0.3) is 0 Å². The van der Waals surface area contributed by atoms with E-state index in [1.807, 2.05) is 0 Å². The topological polar surface area (TPSA) is 52.3 Å². The van der Waals surface area contributed by atoms with Crippen molar-refractivity contribution in [2.75, 3.05) is 13.2 Å². The van der Waals surface area contributed by atoms with Crippen molar-refractivity contribution >= 4 is 5.97 Å². The summed E-state index contributed by atoms with van der Waals surface area (Å²) in [4.78, 5) is 10.1. The van der Waals surface area contributed by atoms with Gasteiger partial charge >= 0.3 is 5.97 Å². The Labute approximate surface area is 74.6 Å². The van der Waals surface area contributed by atoms with Gasteiger partial charge in [-0.05, 0) is 19.4 Å². The van der Waals surface area contributed by atoms with Crippen molar-refractivity contribution in [1.29, 1.82) is 0 Å². The first kappa shape index (κ1) is 13.7. The largest absolute Gasteiger partial charge is 0.463 e. The zero-order valence-corrected chi connectivity index (χ0v) is 8.17. The number of hydrogen-bond acceptors (Lipinski definition) is 3. The van der Waals surface area contributed by atoms with Gasteiger partial charge in [-0.1, -0.05) is 20.4 Å². The molecule has 0 aromatic heterocycles. The number of nitrogens with two attached hydrogens (primary N) is 1. The molecule has 3 heteroatoms. The highest BCUT2D eigenvalue weighted by molar-refractivity contribution is 5.81. The lowest BCUT2D eigenvalue weighted by molar-refractivity contribution is -0.137. The number of rotatable bonds is 3. The van der Waals surface area contributed by atoms with Crippen molar-refractivity contribution in [3.8, 4) is 0 Å². The fraction of sp³-hybridized carbons (Fsp3) is 0.667. The fourth-order valence-electron chi connectivity index (χ4n) is 0.201. The van der Waals surface area contributed by atoms with Crippen LogP contribution in [-0.2, 0) is 9.53 Å². The van der Waals surface area contributed by atoms with Crippen molar-refractivity contribution in [2.24, 2.45) is 11.7 Å². The predicted molar refractivity (Wildman–Crippen MR) is 50.7 cm³/mol. The Balaban J connectivity index is 0. The molecule has 0 fully saturated rings. The third kappa shape index (κ3) is 16.1. The minimum atomic E-state index is -0.359. The SMILES string of the molecule is C=CC(=O)OCC.CC(C)CN. The second kappa shape index (κ2) is 10.2. The molecule has 3 nitrogen and oxygen atoms in total. The summed E-state index contributed by atoms with van der Waals surface area (Å²) in [6.07, 6.45) is 1.14. The number of esters is 1. The lowest BCUT2D eigenvalue weighted by Gasteiger charge is -1.91. The summed E-state index contributed by atoms with van der Waals surface area (Å²) < 4.78 is 4.43. The Morgan fingerprint density at radius 3 is 2.17 bits per heavy atom. The molecule has 0 aromatic rings. The van der Waals surface area contributed by atoms with E-state index in [4.69, 9.17) is 5.73 Å². The first-order chi connectivity index (χ1) is 5.58. The van der Waals surface area contributed by atoms with Gasteiger partial charge in [-0.2, -0.15) is 0 Å². The zero-order valence-electron chi connectivity index (χ0n) is 8.17. The molecular formula is C9H19NO2. The number of carbonyl (C=O) groups is 1. The zero-order chi connectivity index (χ0) is 9.98. The third-order valence-electron chi connectivity index (χ3n) is 0.925. The van der Waals surface area contributed by atoms with Crippen LogP contribution in [0.15, 0.2) is 12.7 Å². The van der Waals surface area contributed by atoms with Gasteiger partial charge in [0, 0.05) is 6.08 Å². The van der Waals surface area contributed by atoms with E-state index in [0.29, 0.717) is 12.5 Å². The molecule has 0 aliphatic carbocycles. The summed E-state index contributed by atoms with van der Waals surface area (Å²) in [5, 5.41) is 0. The van der Waals surface area contributed by atoms with Crippen molar-refractivity contribution in [3.05, 3.63) is 12.7 Å². The molecule has 0 unspecified atom stereocenters. The second-order valence-electron chi connectivity index (χ2n) is 2.59. The Morgan fingerprint density at radius 2 is 2.08 bits per heavy atom. The minimum absolute atomic E-state index is 0.359. The summed E-state index contributed by atoms with van der Waals surface area (Å²) in [6, 6.07) is 0. The van der Waals surface area contributed by atoms with Gasteiger partial charge < -0.3 is 10.5 Å². The summed E-state index contributed by atoms with van der Waals surface area (Å²) in [5.41, 5.74) is 5.17. The molecule has 2 N–H and O–H groups in total. The molecular weight excluding hydrogens is 154 g/mol. The van der Waals surface area contributed by atoms with Gasteiger partial charge in [-0.25, -0.2) is 4.79 Å². The predicted octanol–water partition coefficient (Wildman–Crippen LogP) is 1.34. The Kier molecular flexibility index (Phi) is 11.6. The van der Waals surface area contributed by atoms with E-state index in [1.165, 1.54) is 0 Å². The van der Waals surface area contributed by atoms with Gasteiger partial charge in [0.1, 0.15) is 0 Å². The summed E-state index contributed by atoms with van der Waals surface area (Å²) in [5.74, 6) is 0.303. The molecule has 0 aromatic carbocycles. The maximum Gasteiger partial charge on any atom is 0.330 e. The first-order valence-corrected chi connectivity index (χ1v) is 4.07. The average Bonchev–Trinajstić information content (AvgIpc) is 2.06. The summed E-state index contributed by atoms with van der Waals surface area (Å²) in [6.45, 7) is 10.4. The Morgan fingerprint density at radius 1 is 1.67 bits per heavy atom. The van der Waals surface area contributed by atoms with Crippen molar-refractivity contribution in [3.63, 3.8) is 0 Å². The maximum absolute atomic E-state index is 10.1. The van der Waals surface area contributed by atoms with Crippen LogP contribution in [0.2, 0.25) is 0 Å². The standard InChI is InChI=1S/C5H8O2.C4H11N/c1-3-5(6)7-4-2;1-4(2)3-5/h3H,1,4H2,2H3;4H,3,5H2,1-2H3. The van der Waals surface area contributed by atoms with Gasteiger partial charge in [0.2, 0.25) is 0 Å². The molecule has 0 radical (unpaired) electrons. The highest BCUT2D eigenvalue weighted by Crippen LogP contribution is 1.81. The molecule has 0 heterocycles. The normalized spacial score (nSPS) is 8.42. The molecule has 0 rings (SSSR count). The van der Waals surface area contributed by atoms with Crippen LogP contribution in [0.3, 0.4) is 0 Å². The molecule has 0 spiro atoms. The maximum atomic E-state index is 10.1. The second-order valence-corrected chi connectivity index (χ2v) is 2.59. The quantitative estimate of drug-likeness (QED) is 0.517. The molecule has 0 saturated heterocycles. The summed E-state index contributed by atoms with van der Waals surface area (Å²) in [7, 11) is 0. The van der Waals surface area contributed by atoms with E-state index < -0.39 is 0 Å². The number of carbonyl (C=O) groups excluding carboxylic acids is 1. The van der Waals surface area contributed by atoms with Crippen LogP contribution >= 0.6 is 0 Å². The smallest absolute Gasteiger partial charge is 0.330 e. The van der Waals surface area contributed by atoms with Gasteiger partial charge in [0.15, 0.2) is 0 Å². The highest BCUT2D eigenvalue weighted by atomic mass is 16.5. The minimum Gasteiger partial charge on any atom is -0.463 e. The van der Waals surface area contributed by atoms with E-state index in [-0.39, 0.29) is 5.97 Å². The van der Waals surface area contributed by atoms with Crippen LogP contribution in [-0.4, -0.2) is 19.1 Å². The third-order valence-corrected chi connectivity index (χ3v) is 0.925. The van der Waals surface area contributed by atoms with Gasteiger partial charge in [-0.15, -0.1) is 0 Å². The van der Waals surface area contributed by atoms with Crippen LogP contribution < -0.4 is 5.73 Å². The Hall–Kier alpha value is -0.830. The Bertz CT molecular complexity index is 122. The lowest BCUT2D eigenvalue weighted by atomic mass is 10.2. The van der Waals surface area contributed by atoms with Crippen LogP contribution in [0.4, 0.5) is 0 Å². The monoisotopic (exact) mass is 173 g/mol. The van der Waals surface area contributed by atoms with Crippen LogP contribution in [0.1, 0.15) is 20.8 Å². The summed E-state index contributed by atoms with van der Waals surface area (Å²) >= 11 is 0.